The number of carbonyl (C=O) groups excluding carboxylic acids is 1. The molecule has 1 N–H and O–H groups in total. The molecule has 0 unspecified atom stereocenters. The van der Waals surface area contributed by atoms with Crippen LogP contribution < -0.4 is 5.32 Å². The first kappa shape index (κ1) is 11.5. The van der Waals surface area contributed by atoms with E-state index in [9.17, 15) is 4.79 Å². The van der Waals surface area contributed by atoms with E-state index in [-0.39, 0.29) is 5.91 Å². The van der Waals surface area contributed by atoms with Gasteiger partial charge in [-0.3, -0.25) is 4.79 Å². The number of allylic oxidation sites excluding steroid dienone is 3. The number of nitrogens with one attached hydrogen (secondary N) is 1. The van der Waals surface area contributed by atoms with Crippen LogP contribution in [0.25, 0.3) is 0 Å². The van der Waals surface area contributed by atoms with E-state index in [4.69, 9.17) is 0 Å². The summed E-state index contributed by atoms with van der Waals surface area (Å²) in [5.74, 6) is 5.56. The molecule has 0 aromatic rings. The molecule has 0 bridgehead atoms. The predicted octanol–water partition coefficient (Wildman–Crippen LogP) is 1.65. The lowest BCUT2D eigenvalue weighted by Crippen LogP contribution is -2.21. The van der Waals surface area contributed by atoms with E-state index in [1.54, 1.807) is 13.0 Å². The van der Waals surface area contributed by atoms with Crippen LogP contribution >= 0.6 is 0 Å². The first-order chi connectivity index (χ1) is 6.31. The summed E-state index contributed by atoms with van der Waals surface area (Å²) in [5.41, 5.74) is 0. The molecule has 0 aromatic heterocycles. The molecule has 0 spiro atoms. The molecule has 2 nitrogen and oxygen atoms in total. The van der Waals surface area contributed by atoms with Gasteiger partial charge in [-0.05, 0) is 13.8 Å². The monoisotopic (exact) mass is 177 g/mol. The summed E-state index contributed by atoms with van der Waals surface area (Å²) in [6.45, 7) is 4.30. The number of carbonyl (C=O) groups is 1. The maximum Gasteiger partial charge on any atom is 0.244 e. The molecule has 70 valence electrons. The van der Waals surface area contributed by atoms with E-state index >= 15 is 0 Å². The van der Waals surface area contributed by atoms with Crippen LogP contribution in [0.4, 0.5) is 0 Å². The SMILES string of the molecule is CC#CCCNC(=O)C=CC=CC. The molecule has 0 aliphatic rings. The zero-order valence-electron chi connectivity index (χ0n) is 8.13. The first-order valence-corrected chi connectivity index (χ1v) is 4.28. The van der Waals surface area contributed by atoms with Crippen LogP contribution in [0.2, 0.25) is 0 Å². The van der Waals surface area contributed by atoms with Gasteiger partial charge in [0.1, 0.15) is 0 Å². The molecule has 0 aliphatic heterocycles. The second kappa shape index (κ2) is 8.61. The van der Waals surface area contributed by atoms with Gasteiger partial charge in [-0.15, -0.1) is 11.8 Å². The van der Waals surface area contributed by atoms with Crippen molar-refractivity contribution in [3.05, 3.63) is 24.3 Å². The van der Waals surface area contributed by atoms with Crippen LogP contribution in [-0.2, 0) is 4.79 Å². The fourth-order valence-electron chi connectivity index (χ4n) is 0.686. The minimum absolute atomic E-state index is 0.0731. The molecule has 2 heteroatoms. The van der Waals surface area contributed by atoms with E-state index in [1.165, 1.54) is 6.08 Å². The van der Waals surface area contributed by atoms with Gasteiger partial charge in [-0.25, -0.2) is 0 Å². The Morgan fingerprint density at radius 1 is 1.46 bits per heavy atom. The third-order valence-electron chi connectivity index (χ3n) is 1.28. The molecule has 0 heterocycles. The minimum atomic E-state index is -0.0731. The highest BCUT2D eigenvalue weighted by atomic mass is 16.1. The minimum Gasteiger partial charge on any atom is -0.352 e. The quantitative estimate of drug-likeness (QED) is 0.301. The van der Waals surface area contributed by atoms with Gasteiger partial charge in [-0.2, -0.15) is 0 Å². The van der Waals surface area contributed by atoms with Crippen LogP contribution in [0.1, 0.15) is 20.3 Å². The lowest BCUT2D eigenvalue weighted by Gasteiger charge is -1.95. The Morgan fingerprint density at radius 2 is 2.23 bits per heavy atom. The van der Waals surface area contributed by atoms with Gasteiger partial charge < -0.3 is 5.32 Å². The number of rotatable bonds is 4. The highest BCUT2D eigenvalue weighted by Gasteiger charge is 1.90. The molecule has 0 rings (SSSR count). The topological polar surface area (TPSA) is 29.1 Å². The average Bonchev–Trinajstić information content (AvgIpc) is 2.13. The molecule has 0 saturated heterocycles. The summed E-state index contributed by atoms with van der Waals surface area (Å²) in [7, 11) is 0. The van der Waals surface area contributed by atoms with Crippen molar-refractivity contribution in [3.8, 4) is 11.8 Å². The van der Waals surface area contributed by atoms with Crippen molar-refractivity contribution in [2.75, 3.05) is 6.54 Å². The summed E-state index contributed by atoms with van der Waals surface area (Å²) in [4.78, 5) is 11.0. The fourth-order valence-corrected chi connectivity index (χ4v) is 0.686. The summed E-state index contributed by atoms with van der Waals surface area (Å²) < 4.78 is 0. The highest BCUT2D eigenvalue weighted by molar-refractivity contribution is 5.87. The Kier molecular flexibility index (Phi) is 7.62. The number of hydrogen-bond donors (Lipinski definition) is 1. The maximum atomic E-state index is 11.0. The van der Waals surface area contributed by atoms with Crippen LogP contribution in [0.15, 0.2) is 24.3 Å². The van der Waals surface area contributed by atoms with E-state index in [0.717, 1.165) is 0 Å². The lowest BCUT2D eigenvalue weighted by molar-refractivity contribution is -0.116. The van der Waals surface area contributed by atoms with Gasteiger partial charge in [-0.1, -0.05) is 18.2 Å². The van der Waals surface area contributed by atoms with Crippen molar-refractivity contribution in [2.24, 2.45) is 0 Å². The van der Waals surface area contributed by atoms with Crippen LogP contribution in [0, 0.1) is 11.8 Å². The summed E-state index contributed by atoms with van der Waals surface area (Å²) in [5, 5.41) is 2.71. The lowest BCUT2D eigenvalue weighted by atomic mass is 10.4. The fraction of sp³-hybridized carbons (Fsp3) is 0.364. The summed E-state index contributed by atoms with van der Waals surface area (Å²) in [6, 6.07) is 0. The van der Waals surface area contributed by atoms with Crippen molar-refractivity contribution in [1.29, 1.82) is 0 Å². The average molecular weight is 177 g/mol. The third kappa shape index (κ3) is 8.42. The normalized spacial score (nSPS) is 10.0. The highest BCUT2D eigenvalue weighted by Crippen LogP contribution is 1.78. The Balaban J connectivity index is 3.55. The van der Waals surface area contributed by atoms with E-state index in [0.29, 0.717) is 13.0 Å². The van der Waals surface area contributed by atoms with Crippen LogP contribution in [0.3, 0.4) is 0 Å². The molecule has 0 atom stereocenters. The second-order valence-electron chi connectivity index (χ2n) is 2.35. The van der Waals surface area contributed by atoms with Gasteiger partial charge in [0, 0.05) is 19.0 Å². The summed E-state index contributed by atoms with van der Waals surface area (Å²) >= 11 is 0. The summed E-state index contributed by atoms with van der Waals surface area (Å²) in [6.07, 6.45) is 7.59. The van der Waals surface area contributed by atoms with Gasteiger partial charge >= 0.3 is 0 Å². The largest absolute Gasteiger partial charge is 0.352 e. The van der Waals surface area contributed by atoms with E-state index in [2.05, 4.69) is 17.2 Å². The van der Waals surface area contributed by atoms with Crippen molar-refractivity contribution in [1.82, 2.24) is 5.32 Å². The number of amides is 1. The molecular formula is C11H15NO. The van der Waals surface area contributed by atoms with Gasteiger partial charge in [0.2, 0.25) is 5.91 Å². The molecule has 1 amide bonds. The second-order valence-corrected chi connectivity index (χ2v) is 2.35. The van der Waals surface area contributed by atoms with E-state index < -0.39 is 0 Å². The number of hydrogen-bond acceptors (Lipinski definition) is 1. The van der Waals surface area contributed by atoms with Gasteiger partial charge in [0.25, 0.3) is 0 Å². The van der Waals surface area contributed by atoms with Crippen molar-refractivity contribution in [3.63, 3.8) is 0 Å². The molecular weight excluding hydrogens is 162 g/mol. The van der Waals surface area contributed by atoms with Crippen molar-refractivity contribution in [2.45, 2.75) is 20.3 Å². The van der Waals surface area contributed by atoms with Crippen LogP contribution in [-0.4, -0.2) is 12.5 Å². The zero-order valence-corrected chi connectivity index (χ0v) is 8.13. The smallest absolute Gasteiger partial charge is 0.244 e. The molecule has 0 radical (unpaired) electrons. The maximum absolute atomic E-state index is 11.0. The van der Waals surface area contributed by atoms with Gasteiger partial charge in [0.05, 0.1) is 0 Å². The standard InChI is InChI=1S/C11H15NO/c1-3-5-7-9-11(13)12-10-8-6-4-2/h3,5,7,9H,8,10H2,1-2H3,(H,12,13). The predicted molar refractivity (Wildman–Crippen MR) is 55.0 cm³/mol. The van der Waals surface area contributed by atoms with E-state index in [1.807, 2.05) is 19.1 Å². The molecule has 0 saturated carbocycles. The first-order valence-electron chi connectivity index (χ1n) is 4.28. The zero-order chi connectivity index (χ0) is 9.94. The molecule has 0 fully saturated rings. The van der Waals surface area contributed by atoms with Crippen LogP contribution in [0.5, 0.6) is 0 Å². The van der Waals surface area contributed by atoms with Crippen molar-refractivity contribution >= 4 is 5.91 Å². The van der Waals surface area contributed by atoms with Gasteiger partial charge in [0.15, 0.2) is 0 Å². The third-order valence-corrected chi connectivity index (χ3v) is 1.28. The Bertz CT molecular complexity index is 253. The Labute approximate surface area is 79.7 Å². The van der Waals surface area contributed by atoms with Crippen molar-refractivity contribution < 1.29 is 4.79 Å². The molecule has 0 aromatic carbocycles. The molecule has 0 aliphatic carbocycles. The Hall–Kier alpha value is -1.49. The Morgan fingerprint density at radius 3 is 2.85 bits per heavy atom. The molecule has 13 heavy (non-hydrogen) atoms.